The average Bonchev–Trinajstić information content (AvgIpc) is 2.42. The molecule has 122 valence electrons. The molecule has 0 aliphatic carbocycles. The smallest absolute Gasteiger partial charge is 0.321 e. The summed E-state index contributed by atoms with van der Waals surface area (Å²) in [6.07, 6.45) is 2.34. The van der Waals surface area contributed by atoms with Crippen molar-refractivity contribution in [2.24, 2.45) is 0 Å². The summed E-state index contributed by atoms with van der Waals surface area (Å²) in [5.74, 6) is 0. The molecule has 0 aromatic heterocycles. The Morgan fingerprint density at radius 3 is 2.23 bits per heavy atom. The van der Waals surface area contributed by atoms with E-state index in [9.17, 15) is 4.79 Å². The van der Waals surface area contributed by atoms with Crippen molar-refractivity contribution in [2.75, 3.05) is 31.5 Å². The van der Waals surface area contributed by atoms with Gasteiger partial charge in [-0.1, -0.05) is 32.0 Å². The van der Waals surface area contributed by atoms with Gasteiger partial charge in [0.1, 0.15) is 0 Å². The largest absolute Gasteiger partial charge is 0.321 e. The predicted octanol–water partition coefficient (Wildman–Crippen LogP) is 3.64. The molecular formula is C18H29N3O. The molecule has 1 aromatic rings. The maximum atomic E-state index is 12.4. The van der Waals surface area contributed by atoms with Gasteiger partial charge in [-0.3, -0.25) is 4.90 Å². The van der Waals surface area contributed by atoms with Crippen LogP contribution in [0, 0.1) is 13.8 Å². The van der Waals surface area contributed by atoms with Crippen LogP contribution in [0.15, 0.2) is 18.2 Å². The number of benzene rings is 1. The molecule has 1 N–H and O–H groups in total. The van der Waals surface area contributed by atoms with Gasteiger partial charge in [0.15, 0.2) is 0 Å². The number of nitrogens with one attached hydrogen (secondary N) is 1. The molecule has 2 rings (SSSR count). The molecule has 4 nitrogen and oxygen atoms in total. The first-order valence-electron chi connectivity index (χ1n) is 8.43. The van der Waals surface area contributed by atoms with E-state index in [1.165, 1.54) is 12.8 Å². The maximum absolute atomic E-state index is 12.4. The highest BCUT2D eigenvalue weighted by Gasteiger charge is 2.34. The Balaban J connectivity index is 1.89. The van der Waals surface area contributed by atoms with Gasteiger partial charge in [-0.05, 0) is 50.9 Å². The van der Waals surface area contributed by atoms with E-state index in [4.69, 9.17) is 0 Å². The number of para-hydroxylation sites is 1. The predicted molar refractivity (Wildman–Crippen MR) is 92.5 cm³/mol. The van der Waals surface area contributed by atoms with Crippen LogP contribution < -0.4 is 5.32 Å². The normalized spacial score (nSPS) is 15.0. The Bertz CT molecular complexity index is 483. The maximum Gasteiger partial charge on any atom is 0.321 e. The third kappa shape index (κ3) is 3.80. The molecule has 0 unspecified atom stereocenters. The van der Waals surface area contributed by atoms with E-state index in [1.807, 2.05) is 36.9 Å². The summed E-state index contributed by atoms with van der Waals surface area (Å²) in [5.41, 5.74) is 3.18. The second kappa shape index (κ2) is 7.63. The van der Waals surface area contributed by atoms with E-state index in [0.29, 0.717) is 6.04 Å². The van der Waals surface area contributed by atoms with Crippen LogP contribution in [0.4, 0.5) is 10.5 Å². The van der Waals surface area contributed by atoms with Crippen molar-refractivity contribution < 1.29 is 4.79 Å². The minimum Gasteiger partial charge on any atom is -0.321 e. The van der Waals surface area contributed by atoms with Crippen LogP contribution in [-0.4, -0.2) is 48.1 Å². The van der Waals surface area contributed by atoms with Crippen LogP contribution in [0.2, 0.25) is 0 Å². The van der Waals surface area contributed by atoms with Gasteiger partial charge in [0, 0.05) is 24.8 Å². The number of amides is 2. The lowest BCUT2D eigenvalue weighted by molar-refractivity contribution is 0.0614. The molecular weight excluding hydrogens is 274 g/mol. The molecule has 0 atom stereocenters. The first-order valence-corrected chi connectivity index (χ1v) is 8.43. The minimum atomic E-state index is 0.0293. The highest BCUT2D eigenvalue weighted by molar-refractivity contribution is 5.91. The monoisotopic (exact) mass is 303 g/mol. The van der Waals surface area contributed by atoms with Crippen molar-refractivity contribution in [3.05, 3.63) is 29.3 Å². The summed E-state index contributed by atoms with van der Waals surface area (Å²) in [6, 6.07) is 6.65. The fraction of sp³-hybridized carbons (Fsp3) is 0.611. The van der Waals surface area contributed by atoms with Crippen LogP contribution in [0.5, 0.6) is 0 Å². The number of hydrogen-bond donors (Lipinski definition) is 1. The third-order valence-electron chi connectivity index (χ3n) is 4.40. The number of aryl methyl sites for hydroxylation is 2. The Hall–Kier alpha value is -1.55. The van der Waals surface area contributed by atoms with E-state index in [0.717, 1.165) is 43.0 Å². The molecule has 1 aliphatic rings. The lowest BCUT2D eigenvalue weighted by atomic mass is 10.1. The molecule has 4 heteroatoms. The molecule has 0 radical (unpaired) electrons. The lowest BCUT2D eigenvalue weighted by Gasteiger charge is -2.45. The number of rotatable bonds is 6. The van der Waals surface area contributed by atoms with Crippen LogP contribution in [0.25, 0.3) is 0 Å². The van der Waals surface area contributed by atoms with Gasteiger partial charge in [0.2, 0.25) is 0 Å². The van der Waals surface area contributed by atoms with Gasteiger partial charge >= 0.3 is 6.03 Å². The van der Waals surface area contributed by atoms with E-state index in [2.05, 4.69) is 24.1 Å². The molecule has 1 saturated heterocycles. The van der Waals surface area contributed by atoms with Crippen LogP contribution in [-0.2, 0) is 0 Å². The zero-order chi connectivity index (χ0) is 16.1. The Kier molecular flexibility index (Phi) is 5.83. The number of nitrogens with zero attached hydrogens (tertiary/aromatic N) is 2. The molecule has 0 spiro atoms. The van der Waals surface area contributed by atoms with E-state index >= 15 is 0 Å². The zero-order valence-corrected chi connectivity index (χ0v) is 14.4. The molecule has 0 bridgehead atoms. The van der Waals surface area contributed by atoms with Gasteiger partial charge in [-0.25, -0.2) is 4.79 Å². The fourth-order valence-electron chi connectivity index (χ4n) is 3.10. The van der Waals surface area contributed by atoms with Gasteiger partial charge < -0.3 is 10.2 Å². The van der Waals surface area contributed by atoms with Gasteiger partial charge in [0.25, 0.3) is 0 Å². The SMILES string of the molecule is CCCN(CCC)C1CN(C(=O)Nc2c(C)cccc2C)C1. The molecule has 2 amide bonds. The number of urea groups is 1. The van der Waals surface area contributed by atoms with Crippen LogP contribution in [0.1, 0.15) is 37.8 Å². The van der Waals surface area contributed by atoms with Crippen LogP contribution in [0.3, 0.4) is 0 Å². The van der Waals surface area contributed by atoms with Gasteiger partial charge in [0.05, 0.1) is 0 Å². The van der Waals surface area contributed by atoms with Gasteiger partial charge in [-0.15, -0.1) is 0 Å². The second-order valence-electron chi connectivity index (χ2n) is 6.29. The van der Waals surface area contributed by atoms with Crippen molar-refractivity contribution in [3.63, 3.8) is 0 Å². The van der Waals surface area contributed by atoms with Crippen molar-refractivity contribution in [1.29, 1.82) is 0 Å². The van der Waals surface area contributed by atoms with Crippen molar-refractivity contribution >= 4 is 11.7 Å². The molecule has 1 aromatic carbocycles. The summed E-state index contributed by atoms with van der Waals surface area (Å²) in [4.78, 5) is 16.8. The minimum absolute atomic E-state index is 0.0293. The number of carbonyl (C=O) groups is 1. The molecule has 1 fully saturated rings. The molecule has 1 heterocycles. The first kappa shape index (κ1) is 16.8. The van der Waals surface area contributed by atoms with Crippen molar-refractivity contribution in [2.45, 2.75) is 46.6 Å². The second-order valence-corrected chi connectivity index (χ2v) is 6.29. The molecule has 1 aliphatic heterocycles. The van der Waals surface area contributed by atoms with Crippen molar-refractivity contribution in [1.82, 2.24) is 9.80 Å². The Morgan fingerprint density at radius 2 is 1.73 bits per heavy atom. The van der Waals surface area contributed by atoms with Gasteiger partial charge in [-0.2, -0.15) is 0 Å². The summed E-state index contributed by atoms with van der Waals surface area (Å²) >= 11 is 0. The number of likely N-dealkylation sites (tertiary alicyclic amines) is 1. The molecule has 0 saturated carbocycles. The fourth-order valence-corrected chi connectivity index (χ4v) is 3.10. The summed E-state index contributed by atoms with van der Waals surface area (Å²) in [6.45, 7) is 12.4. The topological polar surface area (TPSA) is 35.6 Å². The van der Waals surface area contributed by atoms with Crippen LogP contribution >= 0.6 is 0 Å². The van der Waals surface area contributed by atoms with E-state index in [1.54, 1.807) is 0 Å². The average molecular weight is 303 g/mol. The highest BCUT2D eigenvalue weighted by Crippen LogP contribution is 2.22. The summed E-state index contributed by atoms with van der Waals surface area (Å²) in [7, 11) is 0. The third-order valence-corrected chi connectivity index (χ3v) is 4.40. The quantitative estimate of drug-likeness (QED) is 0.871. The number of anilines is 1. The highest BCUT2D eigenvalue weighted by atomic mass is 16.2. The van der Waals surface area contributed by atoms with Crippen molar-refractivity contribution in [3.8, 4) is 0 Å². The van der Waals surface area contributed by atoms with E-state index < -0.39 is 0 Å². The van der Waals surface area contributed by atoms with E-state index in [-0.39, 0.29) is 6.03 Å². The molecule has 22 heavy (non-hydrogen) atoms. The lowest BCUT2D eigenvalue weighted by Crippen LogP contribution is -2.62. The summed E-state index contributed by atoms with van der Waals surface area (Å²) in [5, 5.41) is 3.07. The first-order chi connectivity index (χ1) is 10.6. The standard InChI is InChI=1S/C18H29N3O/c1-5-10-20(11-6-2)16-12-21(13-16)18(22)19-17-14(3)8-7-9-15(17)4/h7-9,16H,5-6,10-13H2,1-4H3,(H,19,22). The summed E-state index contributed by atoms with van der Waals surface area (Å²) < 4.78 is 0. The zero-order valence-electron chi connectivity index (χ0n) is 14.4. The Labute approximate surface area is 134 Å². The number of hydrogen-bond acceptors (Lipinski definition) is 2. The Morgan fingerprint density at radius 1 is 1.18 bits per heavy atom. The number of carbonyl (C=O) groups excluding carboxylic acids is 1.